The minimum Gasteiger partial charge on any atom is -0.389 e. The molecule has 2 fully saturated rings. The fourth-order valence-corrected chi connectivity index (χ4v) is 3.96. The van der Waals surface area contributed by atoms with Crippen molar-refractivity contribution in [3.63, 3.8) is 0 Å². The van der Waals surface area contributed by atoms with Crippen molar-refractivity contribution < 1.29 is 5.11 Å². The second kappa shape index (κ2) is 4.66. The summed E-state index contributed by atoms with van der Waals surface area (Å²) in [6.45, 7) is 1.74. The number of hydrogen-bond acceptors (Lipinski definition) is 5. The van der Waals surface area contributed by atoms with Crippen LogP contribution in [-0.4, -0.2) is 43.5 Å². The van der Waals surface area contributed by atoms with Crippen molar-refractivity contribution in [2.45, 2.75) is 37.7 Å². The highest BCUT2D eigenvalue weighted by molar-refractivity contribution is 5.86. The molecule has 0 amide bonds. The zero-order valence-electron chi connectivity index (χ0n) is 12.4. The summed E-state index contributed by atoms with van der Waals surface area (Å²) in [5, 5.41) is 16.1. The van der Waals surface area contributed by atoms with Crippen LogP contribution in [0.2, 0.25) is 0 Å². The minimum atomic E-state index is -0.449. The maximum absolute atomic E-state index is 10.8. The molecule has 112 valence electrons. The highest BCUT2D eigenvalue weighted by Crippen LogP contribution is 2.41. The first-order chi connectivity index (χ1) is 10.2. The van der Waals surface area contributed by atoms with E-state index in [0.717, 1.165) is 55.6 Å². The molecule has 6 heteroatoms. The molecule has 2 aromatic heterocycles. The van der Waals surface area contributed by atoms with Gasteiger partial charge in [0.1, 0.15) is 12.1 Å². The van der Waals surface area contributed by atoms with Gasteiger partial charge < -0.3 is 10.0 Å². The lowest BCUT2D eigenvalue weighted by molar-refractivity contribution is -0.0613. The first kappa shape index (κ1) is 13.0. The molecular formula is C15H21N5O. The average molecular weight is 287 g/mol. The van der Waals surface area contributed by atoms with Crippen LogP contribution in [0.25, 0.3) is 11.0 Å². The summed E-state index contributed by atoms with van der Waals surface area (Å²) in [5.41, 5.74) is 0.417. The van der Waals surface area contributed by atoms with Crippen LogP contribution in [0.15, 0.2) is 12.5 Å². The number of hydrogen-bond donors (Lipinski definition) is 1. The summed E-state index contributed by atoms with van der Waals surface area (Å²) >= 11 is 0. The molecule has 21 heavy (non-hydrogen) atoms. The van der Waals surface area contributed by atoms with Crippen LogP contribution >= 0.6 is 0 Å². The van der Waals surface area contributed by atoms with E-state index >= 15 is 0 Å². The second-order valence-electron chi connectivity index (χ2n) is 6.45. The summed E-state index contributed by atoms with van der Waals surface area (Å²) in [4.78, 5) is 11.1. The van der Waals surface area contributed by atoms with E-state index in [2.05, 4.69) is 20.0 Å². The Morgan fingerprint density at radius 2 is 2.19 bits per heavy atom. The number of fused-ring (bicyclic) bond motifs is 2. The molecule has 2 aromatic rings. The lowest BCUT2D eigenvalue weighted by Gasteiger charge is -2.47. The van der Waals surface area contributed by atoms with E-state index in [0.29, 0.717) is 5.92 Å². The largest absolute Gasteiger partial charge is 0.389 e. The minimum absolute atomic E-state index is 0.363. The monoisotopic (exact) mass is 287 g/mol. The van der Waals surface area contributed by atoms with Gasteiger partial charge in [-0.25, -0.2) is 9.97 Å². The lowest BCUT2D eigenvalue weighted by atomic mass is 9.71. The molecule has 2 unspecified atom stereocenters. The Bertz CT molecular complexity index is 669. The quantitative estimate of drug-likeness (QED) is 0.861. The number of rotatable bonds is 1. The Morgan fingerprint density at radius 3 is 3.10 bits per heavy atom. The number of piperidine rings is 1. The molecule has 0 aromatic carbocycles. The summed E-state index contributed by atoms with van der Waals surface area (Å²) in [6, 6.07) is 0. The van der Waals surface area contributed by atoms with Gasteiger partial charge in [0, 0.05) is 26.1 Å². The van der Waals surface area contributed by atoms with Crippen LogP contribution in [0.1, 0.15) is 32.1 Å². The molecule has 0 spiro atoms. The molecule has 1 saturated carbocycles. The predicted molar refractivity (Wildman–Crippen MR) is 80.0 cm³/mol. The molecule has 1 aliphatic heterocycles. The second-order valence-corrected chi connectivity index (χ2v) is 6.45. The van der Waals surface area contributed by atoms with E-state index in [4.69, 9.17) is 0 Å². The van der Waals surface area contributed by atoms with E-state index < -0.39 is 5.60 Å². The van der Waals surface area contributed by atoms with Crippen LogP contribution in [0.5, 0.6) is 0 Å². The molecule has 2 aliphatic rings. The molecule has 4 rings (SSSR count). The number of anilines is 1. The number of aryl methyl sites for hydroxylation is 1. The summed E-state index contributed by atoms with van der Waals surface area (Å²) in [5.74, 6) is 1.32. The van der Waals surface area contributed by atoms with E-state index in [9.17, 15) is 5.11 Å². The van der Waals surface area contributed by atoms with Gasteiger partial charge in [0.2, 0.25) is 0 Å². The van der Waals surface area contributed by atoms with Crippen LogP contribution < -0.4 is 4.90 Å². The van der Waals surface area contributed by atoms with Gasteiger partial charge in [0.15, 0.2) is 5.65 Å². The molecule has 3 heterocycles. The summed E-state index contributed by atoms with van der Waals surface area (Å²) < 4.78 is 1.78. The van der Waals surface area contributed by atoms with Crippen molar-refractivity contribution in [1.29, 1.82) is 0 Å². The Labute approximate surface area is 123 Å². The van der Waals surface area contributed by atoms with Crippen LogP contribution in [0.4, 0.5) is 5.82 Å². The molecule has 2 atom stereocenters. The van der Waals surface area contributed by atoms with Crippen molar-refractivity contribution in [1.82, 2.24) is 19.7 Å². The third kappa shape index (κ3) is 2.00. The fraction of sp³-hybridized carbons (Fsp3) is 0.667. The fourth-order valence-electron chi connectivity index (χ4n) is 3.96. The van der Waals surface area contributed by atoms with Crippen molar-refractivity contribution in [2.24, 2.45) is 13.0 Å². The third-order valence-electron chi connectivity index (χ3n) is 5.24. The van der Waals surface area contributed by atoms with Gasteiger partial charge in [0.25, 0.3) is 0 Å². The maximum Gasteiger partial charge on any atom is 0.163 e. The van der Waals surface area contributed by atoms with Gasteiger partial charge in [-0.3, -0.25) is 4.68 Å². The van der Waals surface area contributed by atoms with E-state index in [1.807, 2.05) is 13.2 Å². The molecule has 0 bridgehead atoms. The van der Waals surface area contributed by atoms with Crippen molar-refractivity contribution in [3.05, 3.63) is 12.5 Å². The van der Waals surface area contributed by atoms with Crippen molar-refractivity contribution in [2.75, 3.05) is 18.0 Å². The number of aliphatic hydroxyl groups is 1. The van der Waals surface area contributed by atoms with Gasteiger partial charge in [-0.2, -0.15) is 5.10 Å². The molecule has 1 N–H and O–H groups in total. The predicted octanol–water partition coefficient (Wildman–Crippen LogP) is 1.49. The summed E-state index contributed by atoms with van der Waals surface area (Å²) in [6.07, 6.45) is 8.75. The molecule has 6 nitrogen and oxygen atoms in total. The topological polar surface area (TPSA) is 67.1 Å². The highest BCUT2D eigenvalue weighted by atomic mass is 16.3. The molecule has 0 radical (unpaired) electrons. The van der Waals surface area contributed by atoms with Gasteiger partial charge in [-0.05, 0) is 19.3 Å². The van der Waals surface area contributed by atoms with Crippen LogP contribution in [0, 0.1) is 5.92 Å². The maximum atomic E-state index is 10.8. The zero-order valence-corrected chi connectivity index (χ0v) is 12.4. The Balaban J connectivity index is 1.67. The Morgan fingerprint density at radius 1 is 1.29 bits per heavy atom. The van der Waals surface area contributed by atoms with Crippen LogP contribution in [-0.2, 0) is 7.05 Å². The van der Waals surface area contributed by atoms with E-state index in [1.54, 1.807) is 11.0 Å². The third-order valence-corrected chi connectivity index (χ3v) is 5.24. The van der Waals surface area contributed by atoms with E-state index in [1.165, 1.54) is 6.42 Å². The standard InChI is InChI=1S/C15H21N5O/c1-19-13-12(8-18-19)14(17-10-16-13)20-7-6-15(21)5-3-2-4-11(15)9-20/h8,10-11,21H,2-7,9H2,1H3. The summed E-state index contributed by atoms with van der Waals surface area (Å²) in [7, 11) is 1.90. The average Bonchev–Trinajstić information content (AvgIpc) is 2.88. The van der Waals surface area contributed by atoms with Crippen molar-refractivity contribution in [3.8, 4) is 0 Å². The van der Waals surface area contributed by atoms with Crippen LogP contribution in [0.3, 0.4) is 0 Å². The van der Waals surface area contributed by atoms with Gasteiger partial charge in [-0.15, -0.1) is 0 Å². The lowest BCUT2D eigenvalue weighted by Crippen LogP contribution is -2.53. The molecule has 1 saturated heterocycles. The zero-order chi connectivity index (χ0) is 14.4. The first-order valence-corrected chi connectivity index (χ1v) is 7.77. The number of nitrogens with zero attached hydrogens (tertiary/aromatic N) is 5. The number of aromatic nitrogens is 4. The molecule has 1 aliphatic carbocycles. The smallest absolute Gasteiger partial charge is 0.163 e. The Kier molecular flexibility index (Phi) is 2.89. The molecular weight excluding hydrogens is 266 g/mol. The first-order valence-electron chi connectivity index (χ1n) is 7.77. The van der Waals surface area contributed by atoms with Gasteiger partial charge in [-0.1, -0.05) is 12.8 Å². The highest BCUT2D eigenvalue weighted by Gasteiger charge is 2.43. The van der Waals surface area contributed by atoms with Gasteiger partial charge >= 0.3 is 0 Å². The van der Waals surface area contributed by atoms with E-state index in [-0.39, 0.29) is 0 Å². The van der Waals surface area contributed by atoms with Gasteiger partial charge in [0.05, 0.1) is 17.2 Å². The Hall–Kier alpha value is -1.69. The SMILES string of the molecule is Cn1ncc2c(N3CCC4(O)CCCCC4C3)ncnc21. The normalized spacial score (nSPS) is 29.6. The van der Waals surface area contributed by atoms with Crippen molar-refractivity contribution >= 4 is 16.9 Å².